The highest BCUT2D eigenvalue weighted by molar-refractivity contribution is 5.87. The van der Waals surface area contributed by atoms with Crippen LogP contribution in [0.15, 0.2) is 48.8 Å². The minimum absolute atomic E-state index is 0.0350. The van der Waals surface area contributed by atoms with Crippen LogP contribution in [0.25, 0.3) is 11.1 Å². The molecular weight excluding hydrogens is 352 g/mol. The lowest BCUT2D eigenvalue weighted by Gasteiger charge is -2.16. The molecule has 0 spiro atoms. The van der Waals surface area contributed by atoms with Crippen LogP contribution in [0.3, 0.4) is 0 Å². The molecule has 0 aliphatic heterocycles. The Morgan fingerprint density at radius 3 is 2.48 bits per heavy atom. The van der Waals surface area contributed by atoms with E-state index >= 15 is 0 Å². The third-order valence-electron chi connectivity index (χ3n) is 3.96. The number of pyridine rings is 1. The molecule has 0 atom stereocenters. The molecule has 0 amide bonds. The number of ether oxygens (including phenoxy) is 2. The third-order valence-corrected chi connectivity index (χ3v) is 3.96. The highest BCUT2D eigenvalue weighted by atomic mass is 19.1. The van der Waals surface area contributed by atoms with Crippen molar-refractivity contribution in [2.45, 2.75) is 0 Å². The summed E-state index contributed by atoms with van der Waals surface area (Å²) in [5.41, 5.74) is 1.73. The zero-order chi connectivity index (χ0) is 19.4. The molecule has 3 aromatic rings. The van der Waals surface area contributed by atoms with E-state index in [9.17, 15) is 14.0 Å². The van der Waals surface area contributed by atoms with Gasteiger partial charge in [0.05, 0.1) is 31.2 Å². The molecule has 1 N–H and O–H groups in total. The molecule has 0 saturated heterocycles. The maximum absolute atomic E-state index is 14.1. The minimum Gasteiger partial charge on any atom is -0.497 e. The van der Waals surface area contributed by atoms with E-state index in [1.807, 2.05) is 6.07 Å². The summed E-state index contributed by atoms with van der Waals surface area (Å²) in [4.78, 5) is 4.09. The number of nitrogens with one attached hydrogen (secondary N) is 1. The van der Waals surface area contributed by atoms with Crippen molar-refractivity contribution in [2.24, 2.45) is 0 Å². The van der Waals surface area contributed by atoms with Crippen LogP contribution in [-0.2, 0) is 0 Å². The highest BCUT2D eigenvalue weighted by Crippen LogP contribution is 2.39. The molecule has 136 valence electrons. The van der Waals surface area contributed by atoms with Gasteiger partial charge in [-0.1, -0.05) is 0 Å². The van der Waals surface area contributed by atoms with Gasteiger partial charge >= 0.3 is 0 Å². The summed E-state index contributed by atoms with van der Waals surface area (Å²) >= 11 is 0. The van der Waals surface area contributed by atoms with Gasteiger partial charge < -0.3 is 14.8 Å². The van der Waals surface area contributed by atoms with Crippen molar-refractivity contribution in [3.8, 4) is 28.7 Å². The normalized spacial score (nSPS) is 10.2. The predicted molar refractivity (Wildman–Crippen MR) is 97.1 cm³/mol. The number of anilines is 2. The second-order valence-corrected chi connectivity index (χ2v) is 5.54. The summed E-state index contributed by atoms with van der Waals surface area (Å²) in [6.07, 6.45) is 2.90. The van der Waals surface area contributed by atoms with Crippen molar-refractivity contribution >= 4 is 11.4 Å². The fourth-order valence-corrected chi connectivity index (χ4v) is 2.63. The van der Waals surface area contributed by atoms with Gasteiger partial charge in [-0.25, -0.2) is 8.78 Å². The summed E-state index contributed by atoms with van der Waals surface area (Å²) in [6, 6.07) is 10.4. The molecule has 0 fully saturated rings. The van der Waals surface area contributed by atoms with E-state index in [4.69, 9.17) is 9.47 Å². The van der Waals surface area contributed by atoms with Gasteiger partial charge in [0.25, 0.3) is 0 Å². The first kappa shape index (κ1) is 18.1. The number of halogens is 2. The number of nitriles is 1. The maximum Gasteiger partial charge on any atom is 0.149 e. The van der Waals surface area contributed by atoms with Crippen LogP contribution < -0.4 is 14.8 Å². The molecule has 0 unspecified atom stereocenters. The van der Waals surface area contributed by atoms with Crippen LogP contribution in [0, 0.1) is 23.0 Å². The lowest BCUT2D eigenvalue weighted by atomic mass is 10.0. The standard InChI is InChI=1S/C20H15F2N3O2/c1-26-14-4-5-15(19(8-14)27-2)16-11-24-10-12(9-23)20(16)25-18-6-3-13(21)7-17(18)22/h3-8,10-11H,1-2H3,(H,24,25). The first-order chi connectivity index (χ1) is 13.1. The quantitative estimate of drug-likeness (QED) is 0.710. The molecule has 1 heterocycles. The Morgan fingerprint density at radius 1 is 1.00 bits per heavy atom. The van der Waals surface area contributed by atoms with Crippen molar-refractivity contribution in [1.29, 1.82) is 5.26 Å². The average Bonchev–Trinajstić information content (AvgIpc) is 2.69. The number of benzene rings is 2. The molecule has 3 rings (SSSR count). The maximum atomic E-state index is 14.1. The van der Waals surface area contributed by atoms with E-state index in [-0.39, 0.29) is 11.3 Å². The van der Waals surface area contributed by atoms with Gasteiger partial charge in [0, 0.05) is 35.7 Å². The Kier molecular flexibility index (Phi) is 5.18. The monoisotopic (exact) mass is 367 g/mol. The number of methoxy groups -OCH3 is 2. The smallest absolute Gasteiger partial charge is 0.149 e. The van der Waals surface area contributed by atoms with Crippen LogP contribution in [0.1, 0.15) is 5.56 Å². The Balaban J connectivity index is 2.17. The van der Waals surface area contributed by atoms with Crippen molar-refractivity contribution in [3.63, 3.8) is 0 Å². The van der Waals surface area contributed by atoms with E-state index in [1.165, 1.54) is 32.7 Å². The molecule has 0 saturated carbocycles. The van der Waals surface area contributed by atoms with Gasteiger partial charge in [0.1, 0.15) is 29.2 Å². The van der Waals surface area contributed by atoms with Crippen LogP contribution in [0.5, 0.6) is 11.5 Å². The average molecular weight is 367 g/mol. The van der Waals surface area contributed by atoms with E-state index in [2.05, 4.69) is 10.3 Å². The van der Waals surface area contributed by atoms with Gasteiger partial charge in [-0.3, -0.25) is 4.98 Å². The molecule has 0 aliphatic rings. The Labute approximate surface area is 154 Å². The second-order valence-electron chi connectivity index (χ2n) is 5.54. The van der Waals surface area contributed by atoms with Crippen molar-refractivity contribution < 1.29 is 18.3 Å². The molecular formula is C20H15F2N3O2. The summed E-state index contributed by atoms with van der Waals surface area (Å²) in [5, 5.41) is 12.3. The lowest BCUT2D eigenvalue weighted by Crippen LogP contribution is -2.01. The second kappa shape index (κ2) is 7.70. The van der Waals surface area contributed by atoms with Crippen LogP contribution in [0.2, 0.25) is 0 Å². The van der Waals surface area contributed by atoms with E-state index < -0.39 is 11.6 Å². The van der Waals surface area contributed by atoms with Crippen LogP contribution >= 0.6 is 0 Å². The highest BCUT2D eigenvalue weighted by Gasteiger charge is 2.17. The lowest BCUT2D eigenvalue weighted by molar-refractivity contribution is 0.395. The van der Waals surface area contributed by atoms with E-state index in [0.717, 1.165) is 12.1 Å². The van der Waals surface area contributed by atoms with E-state index in [1.54, 1.807) is 18.2 Å². The first-order valence-electron chi connectivity index (χ1n) is 7.90. The Morgan fingerprint density at radius 2 is 1.81 bits per heavy atom. The van der Waals surface area contributed by atoms with Gasteiger partial charge in [-0.05, 0) is 24.3 Å². The van der Waals surface area contributed by atoms with E-state index in [0.29, 0.717) is 28.3 Å². The van der Waals surface area contributed by atoms with Crippen molar-refractivity contribution in [2.75, 3.05) is 19.5 Å². The summed E-state index contributed by atoms with van der Waals surface area (Å²) in [6.45, 7) is 0. The summed E-state index contributed by atoms with van der Waals surface area (Å²) in [7, 11) is 3.04. The topological polar surface area (TPSA) is 67.2 Å². The fraction of sp³-hybridized carbons (Fsp3) is 0.100. The molecule has 7 heteroatoms. The number of nitrogens with zero attached hydrogens (tertiary/aromatic N) is 2. The van der Waals surface area contributed by atoms with Gasteiger partial charge in [0.2, 0.25) is 0 Å². The summed E-state index contributed by atoms with van der Waals surface area (Å²) in [5.74, 6) is -0.373. The summed E-state index contributed by atoms with van der Waals surface area (Å²) < 4.78 is 37.9. The molecule has 27 heavy (non-hydrogen) atoms. The molecule has 5 nitrogen and oxygen atoms in total. The molecule has 2 aromatic carbocycles. The van der Waals surface area contributed by atoms with Gasteiger partial charge in [0.15, 0.2) is 0 Å². The predicted octanol–water partition coefficient (Wildman–Crippen LogP) is 4.66. The number of rotatable bonds is 5. The number of aromatic nitrogens is 1. The SMILES string of the molecule is COc1ccc(-c2cncc(C#N)c2Nc2ccc(F)cc2F)c(OC)c1. The van der Waals surface area contributed by atoms with Crippen LogP contribution in [-0.4, -0.2) is 19.2 Å². The minimum atomic E-state index is -0.775. The van der Waals surface area contributed by atoms with Crippen molar-refractivity contribution in [3.05, 3.63) is 66.0 Å². The largest absolute Gasteiger partial charge is 0.497 e. The number of hydrogen-bond acceptors (Lipinski definition) is 5. The molecule has 0 aliphatic carbocycles. The van der Waals surface area contributed by atoms with Crippen molar-refractivity contribution in [1.82, 2.24) is 4.98 Å². The van der Waals surface area contributed by atoms with Gasteiger partial charge in [-0.2, -0.15) is 5.26 Å². The first-order valence-corrected chi connectivity index (χ1v) is 7.90. The zero-order valence-electron chi connectivity index (χ0n) is 14.6. The Bertz CT molecular complexity index is 1030. The third kappa shape index (κ3) is 3.65. The van der Waals surface area contributed by atoms with Crippen LogP contribution in [0.4, 0.5) is 20.2 Å². The number of hydrogen-bond donors (Lipinski definition) is 1. The van der Waals surface area contributed by atoms with Gasteiger partial charge in [-0.15, -0.1) is 0 Å². The zero-order valence-corrected chi connectivity index (χ0v) is 14.6. The Hall–Kier alpha value is -3.66. The molecule has 1 aromatic heterocycles. The fourth-order valence-electron chi connectivity index (χ4n) is 2.63. The molecule has 0 bridgehead atoms. The molecule has 0 radical (unpaired) electrons.